The van der Waals surface area contributed by atoms with Crippen LogP contribution in [0.15, 0.2) is 77.7 Å². The quantitative estimate of drug-likeness (QED) is 0.520. The van der Waals surface area contributed by atoms with Crippen molar-refractivity contribution in [1.82, 2.24) is 0 Å². The Kier molecular flexibility index (Phi) is 5.35. The van der Waals surface area contributed by atoms with Gasteiger partial charge in [-0.05, 0) is 72.8 Å². The smallest absolute Gasteiger partial charge is 0.335 e. The van der Waals surface area contributed by atoms with Crippen LogP contribution in [-0.4, -0.2) is 35.1 Å². The molecule has 0 saturated heterocycles. The molecule has 0 fully saturated rings. The molecule has 0 amide bonds. The Morgan fingerprint density at radius 1 is 0.621 bits per heavy atom. The molecule has 3 aromatic rings. The first-order chi connectivity index (χ1) is 13.7. The number of carbonyl (C=O) groups is 2. The maximum atomic E-state index is 11.3. The molecule has 0 radical (unpaired) electrons. The number of hydrogen-bond acceptors (Lipinski definition) is 5. The highest BCUT2D eigenvalue weighted by molar-refractivity contribution is 7.85. The zero-order chi connectivity index (χ0) is 21.2. The summed E-state index contributed by atoms with van der Waals surface area (Å²) in [7, 11) is -4.35. The fourth-order valence-electron chi connectivity index (χ4n) is 2.72. The number of anilines is 3. The van der Waals surface area contributed by atoms with Crippen LogP contribution in [0.2, 0.25) is 0 Å². The molecule has 3 aromatic carbocycles. The summed E-state index contributed by atoms with van der Waals surface area (Å²) >= 11 is 0. The lowest BCUT2D eigenvalue weighted by Crippen LogP contribution is -2.11. The number of aromatic carboxylic acids is 2. The van der Waals surface area contributed by atoms with Crippen molar-refractivity contribution in [3.05, 3.63) is 83.9 Å². The van der Waals surface area contributed by atoms with Crippen molar-refractivity contribution in [3.8, 4) is 0 Å². The van der Waals surface area contributed by atoms with Crippen molar-refractivity contribution >= 4 is 39.1 Å². The Bertz CT molecular complexity index is 1100. The van der Waals surface area contributed by atoms with E-state index in [1.165, 1.54) is 48.5 Å². The van der Waals surface area contributed by atoms with Gasteiger partial charge in [-0.15, -0.1) is 0 Å². The van der Waals surface area contributed by atoms with Gasteiger partial charge in [0.15, 0.2) is 0 Å². The highest BCUT2D eigenvalue weighted by Crippen LogP contribution is 2.35. The molecule has 0 spiro atoms. The average molecular weight is 413 g/mol. The maximum Gasteiger partial charge on any atom is 0.335 e. The first kappa shape index (κ1) is 20.1. The second-order valence-electron chi connectivity index (χ2n) is 6.01. The van der Waals surface area contributed by atoms with Gasteiger partial charge in [-0.3, -0.25) is 4.55 Å². The molecule has 0 aliphatic heterocycles. The van der Waals surface area contributed by atoms with Gasteiger partial charge < -0.3 is 15.1 Å². The Morgan fingerprint density at radius 2 is 0.931 bits per heavy atom. The van der Waals surface area contributed by atoms with Crippen LogP contribution >= 0.6 is 0 Å². The molecule has 148 valence electrons. The minimum atomic E-state index is -4.35. The Morgan fingerprint density at radius 3 is 1.21 bits per heavy atom. The number of hydrogen-bond donors (Lipinski definition) is 3. The lowest BCUT2D eigenvalue weighted by molar-refractivity contribution is 0.0686. The summed E-state index contributed by atoms with van der Waals surface area (Å²) in [4.78, 5) is 23.6. The molecule has 0 aromatic heterocycles. The topological polar surface area (TPSA) is 132 Å². The van der Waals surface area contributed by atoms with E-state index in [1.807, 2.05) is 0 Å². The van der Waals surface area contributed by atoms with Gasteiger partial charge in [0.25, 0.3) is 10.1 Å². The zero-order valence-electron chi connectivity index (χ0n) is 14.8. The predicted molar refractivity (Wildman–Crippen MR) is 105 cm³/mol. The van der Waals surface area contributed by atoms with Crippen molar-refractivity contribution in [1.29, 1.82) is 0 Å². The number of carboxylic acid groups (broad SMARTS) is 2. The summed E-state index contributed by atoms with van der Waals surface area (Å²) in [5, 5.41) is 18.2. The standard InChI is InChI=1S/C20H15NO7S/c22-19(23)13-1-5-15(6-2-13)21(16-7-3-14(4-8-16)20(24)25)17-9-11-18(12-10-17)29(26,27)28/h1-12H,(H,22,23)(H,24,25)(H,26,27,28). The monoisotopic (exact) mass is 413 g/mol. The fraction of sp³-hybridized carbons (Fsp3) is 0. The molecule has 0 atom stereocenters. The van der Waals surface area contributed by atoms with Gasteiger partial charge >= 0.3 is 11.9 Å². The molecule has 0 aliphatic rings. The molecular weight excluding hydrogens is 398 g/mol. The van der Waals surface area contributed by atoms with E-state index in [-0.39, 0.29) is 16.0 Å². The number of benzene rings is 3. The average Bonchev–Trinajstić information content (AvgIpc) is 2.69. The van der Waals surface area contributed by atoms with E-state index in [0.717, 1.165) is 0 Å². The van der Waals surface area contributed by atoms with E-state index in [4.69, 9.17) is 14.8 Å². The van der Waals surface area contributed by atoms with Gasteiger partial charge in [0, 0.05) is 17.1 Å². The lowest BCUT2D eigenvalue weighted by Gasteiger charge is -2.25. The van der Waals surface area contributed by atoms with Crippen LogP contribution in [-0.2, 0) is 10.1 Å². The number of carboxylic acids is 2. The first-order valence-corrected chi connectivity index (χ1v) is 9.65. The zero-order valence-corrected chi connectivity index (χ0v) is 15.6. The number of rotatable bonds is 6. The summed E-state index contributed by atoms with van der Waals surface area (Å²) in [5.74, 6) is -2.15. The van der Waals surface area contributed by atoms with E-state index < -0.39 is 22.1 Å². The third-order valence-electron chi connectivity index (χ3n) is 4.14. The highest BCUT2D eigenvalue weighted by Gasteiger charge is 2.16. The van der Waals surface area contributed by atoms with Gasteiger partial charge in [0.2, 0.25) is 0 Å². The van der Waals surface area contributed by atoms with Crippen LogP contribution in [0, 0.1) is 0 Å². The molecule has 0 heterocycles. The van der Waals surface area contributed by atoms with E-state index in [9.17, 15) is 18.0 Å². The van der Waals surface area contributed by atoms with Gasteiger partial charge in [0.1, 0.15) is 0 Å². The minimum Gasteiger partial charge on any atom is -0.478 e. The summed E-state index contributed by atoms with van der Waals surface area (Å²) in [6.07, 6.45) is 0. The largest absolute Gasteiger partial charge is 0.478 e. The summed E-state index contributed by atoms with van der Waals surface area (Å²) < 4.78 is 31.7. The van der Waals surface area contributed by atoms with Crippen molar-refractivity contribution in [3.63, 3.8) is 0 Å². The molecule has 0 bridgehead atoms. The van der Waals surface area contributed by atoms with Crippen LogP contribution in [0.5, 0.6) is 0 Å². The van der Waals surface area contributed by atoms with Crippen molar-refractivity contribution in [2.24, 2.45) is 0 Å². The van der Waals surface area contributed by atoms with Crippen LogP contribution in [0.1, 0.15) is 20.7 Å². The van der Waals surface area contributed by atoms with Crippen molar-refractivity contribution in [2.75, 3.05) is 4.90 Å². The van der Waals surface area contributed by atoms with E-state index in [2.05, 4.69) is 0 Å². The highest BCUT2D eigenvalue weighted by atomic mass is 32.2. The van der Waals surface area contributed by atoms with Crippen LogP contribution in [0.4, 0.5) is 17.1 Å². The Labute approximate surface area is 166 Å². The summed E-state index contributed by atoms with van der Waals surface area (Å²) in [5.41, 5.74) is 1.84. The van der Waals surface area contributed by atoms with Gasteiger partial charge in [-0.1, -0.05) is 0 Å². The molecular formula is C20H15NO7S. The van der Waals surface area contributed by atoms with Gasteiger partial charge in [-0.2, -0.15) is 8.42 Å². The SMILES string of the molecule is O=C(O)c1ccc(N(c2ccc(C(=O)O)cc2)c2ccc(S(=O)(=O)O)cc2)cc1. The number of nitrogens with zero attached hydrogens (tertiary/aromatic N) is 1. The molecule has 9 heteroatoms. The Balaban J connectivity index is 2.10. The Hall–Kier alpha value is -3.69. The maximum absolute atomic E-state index is 11.3. The minimum absolute atomic E-state index is 0.0941. The molecule has 29 heavy (non-hydrogen) atoms. The molecule has 0 aliphatic carbocycles. The van der Waals surface area contributed by atoms with Crippen molar-refractivity contribution < 1.29 is 32.8 Å². The fourth-order valence-corrected chi connectivity index (χ4v) is 3.20. The third kappa shape index (κ3) is 4.42. The van der Waals surface area contributed by atoms with E-state index >= 15 is 0 Å². The van der Waals surface area contributed by atoms with Crippen molar-refractivity contribution in [2.45, 2.75) is 4.90 Å². The van der Waals surface area contributed by atoms with Gasteiger partial charge in [0.05, 0.1) is 16.0 Å². The lowest BCUT2D eigenvalue weighted by atomic mass is 10.1. The second-order valence-corrected chi connectivity index (χ2v) is 7.43. The first-order valence-electron chi connectivity index (χ1n) is 8.21. The third-order valence-corrected chi connectivity index (χ3v) is 5.01. The van der Waals surface area contributed by atoms with E-state index in [0.29, 0.717) is 17.1 Å². The summed E-state index contributed by atoms with van der Waals surface area (Å²) in [6, 6.07) is 17.4. The van der Waals surface area contributed by atoms with E-state index in [1.54, 1.807) is 29.2 Å². The van der Waals surface area contributed by atoms with Crippen LogP contribution < -0.4 is 4.90 Å². The summed E-state index contributed by atoms with van der Waals surface area (Å²) in [6.45, 7) is 0. The molecule has 3 rings (SSSR count). The molecule has 0 saturated carbocycles. The normalized spacial score (nSPS) is 11.1. The molecule has 8 nitrogen and oxygen atoms in total. The molecule has 0 unspecified atom stereocenters. The molecule has 3 N–H and O–H groups in total. The van der Waals surface area contributed by atoms with Crippen LogP contribution in [0.3, 0.4) is 0 Å². The second kappa shape index (κ2) is 7.74. The van der Waals surface area contributed by atoms with Gasteiger partial charge in [-0.25, -0.2) is 9.59 Å². The predicted octanol–water partition coefficient (Wildman–Crippen LogP) is 3.80. The van der Waals surface area contributed by atoms with Crippen LogP contribution in [0.25, 0.3) is 0 Å².